The van der Waals surface area contributed by atoms with Gasteiger partial charge >= 0.3 is 12.0 Å². The highest BCUT2D eigenvalue weighted by molar-refractivity contribution is 5.92. The monoisotopic (exact) mass is 353 g/mol. The zero-order valence-corrected chi connectivity index (χ0v) is 14.2. The summed E-state index contributed by atoms with van der Waals surface area (Å²) in [5, 5.41) is 29.0. The number of Topliss-reactive ketones (excluding diaryl/α,β-unsaturated/α-hetero) is 1. The summed E-state index contributed by atoms with van der Waals surface area (Å²) in [7, 11) is 0. The molecular formula is C15H25F2NO6. The van der Waals surface area contributed by atoms with Crippen molar-refractivity contribution in [2.24, 2.45) is 5.41 Å². The van der Waals surface area contributed by atoms with Gasteiger partial charge in [0.1, 0.15) is 6.10 Å². The first-order valence-electron chi connectivity index (χ1n) is 7.82. The van der Waals surface area contributed by atoms with Gasteiger partial charge in [0.05, 0.1) is 6.10 Å². The van der Waals surface area contributed by atoms with Crippen LogP contribution in [0.4, 0.5) is 13.6 Å². The Labute approximate surface area is 139 Å². The van der Waals surface area contributed by atoms with Crippen LogP contribution in [-0.4, -0.2) is 75.5 Å². The average Bonchev–Trinajstić information content (AvgIpc) is 2.50. The van der Waals surface area contributed by atoms with Crippen molar-refractivity contribution in [1.82, 2.24) is 4.90 Å². The predicted octanol–water partition coefficient (Wildman–Crippen LogP) is 0.550. The third-order valence-corrected chi connectivity index (χ3v) is 4.34. The summed E-state index contributed by atoms with van der Waals surface area (Å²) in [6, 6.07) is 0. The van der Waals surface area contributed by atoms with Crippen LogP contribution in [0.2, 0.25) is 0 Å². The molecule has 1 fully saturated rings. The van der Waals surface area contributed by atoms with Crippen molar-refractivity contribution in [3.8, 4) is 0 Å². The van der Waals surface area contributed by atoms with Crippen LogP contribution < -0.4 is 0 Å². The summed E-state index contributed by atoms with van der Waals surface area (Å²) in [6.45, 7) is 6.58. The van der Waals surface area contributed by atoms with Gasteiger partial charge in [-0.2, -0.15) is 8.78 Å². The lowest BCUT2D eigenvalue weighted by Gasteiger charge is -2.41. The van der Waals surface area contributed by atoms with E-state index in [1.54, 1.807) is 13.8 Å². The number of halogens is 2. The van der Waals surface area contributed by atoms with Crippen molar-refractivity contribution in [2.75, 3.05) is 13.1 Å². The molecule has 0 bridgehead atoms. The van der Waals surface area contributed by atoms with Crippen molar-refractivity contribution in [2.45, 2.75) is 64.5 Å². The number of aliphatic hydroxyl groups excluding tert-OH is 3. The number of carbonyl (C=O) groups is 2. The molecule has 3 N–H and O–H groups in total. The molecule has 24 heavy (non-hydrogen) atoms. The number of hydrogen-bond donors (Lipinski definition) is 3. The molecule has 0 radical (unpaired) electrons. The fourth-order valence-corrected chi connectivity index (χ4v) is 2.74. The third-order valence-electron chi connectivity index (χ3n) is 4.34. The number of ether oxygens (including phenoxy) is 1. The first-order chi connectivity index (χ1) is 10.9. The smallest absolute Gasteiger partial charge is 0.410 e. The third kappa shape index (κ3) is 3.84. The van der Waals surface area contributed by atoms with Gasteiger partial charge < -0.3 is 25.0 Å². The largest absolute Gasteiger partial charge is 0.437 e. The SMILES string of the molecule is CCN(CC)C(=O)O[C@H]1C(=O)C(F)(F)[C@H](O)[C@H](O)[C@H](O)CC1(C)C. The number of carbonyl (C=O) groups excluding carboxylic acids is 2. The van der Waals surface area contributed by atoms with E-state index in [0.717, 1.165) is 0 Å². The molecule has 0 heterocycles. The van der Waals surface area contributed by atoms with E-state index in [1.165, 1.54) is 18.7 Å². The number of aliphatic hydroxyl groups is 3. The maximum Gasteiger partial charge on any atom is 0.410 e. The van der Waals surface area contributed by atoms with Crippen LogP contribution in [0.1, 0.15) is 34.1 Å². The number of ketones is 1. The molecule has 7 nitrogen and oxygen atoms in total. The Hall–Kier alpha value is -1.32. The first-order valence-corrected chi connectivity index (χ1v) is 7.82. The molecule has 1 saturated carbocycles. The van der Waals surface area contributed by atoms with E-state index >= 15 is 0 Å². The molecule has 0 aromatic carbocycles. The maximum atomic E-state index is 14.2. The number of amides is 1. The van der Waals surface area contributed by atoms with E-state index in [1.807, 2.05) is 0 Å². The Morgan fingerprint density at radius 3 is 2.21 bits per heavy atom. The van der Waals surface area contributed by atoms with E-state index in [9.17, 15) is 33.7 Å². The van der Waals surface area contributed by atoms with Crippen LogP contribution in [0.3, 0.4) is 0 Å². The van der Waals surface area contributed by atoms with Gasteiger partial charge in [0.2, 0.25) is 5.78 Å². The standard InChI is InChI=1S/C15H25F2NO6/c1-5-18(6-2)13(23)24-12-11(22)15(16,17)10(21)9(20)8(19)7-14(12,3)4/h8-10,12,19-21H,5-7H2,1-4H3/t8-,9-,10-,12+/m1/s1. The second-order valence-electron chi connectivity index (χ2n) is 6.62. The molecule has 1 aliphatic rings. The van der Waals surface area contributed by atoms with Gasteiger partial charge in [0.15, 0.2) is 12.2 Å². The minimum absolute atomic E-state index is 0.261. The van der Waals surface area contributed by atoms with Crippen LogP contribution in [0.5, 0.6) is 0 Å². The number of hydrogen-bond acceptors (Lipinski definition) is 6. The van der Waals surface area contributed by atoms with E-state index in [4.69, 9.17) is 4.74 Å². The summed E-state index contributed by atoms with van der Waals surface area (Å²) >= 11 is 0. The highest BCUT2D eigenvalue weighted by Crippen LogP contribution is 2.39. The fourth-order valence-electron chi connectivity index (χ4n) is 2.74. The van der Waals surface area contributed by atoms with E-state index < -0.39 is 47.6 Å². The first kappa shape index (κ1) is 20.7. The maximum absolute atomic E-state index is 14.2. The molecule has 1 amide bonds. The van der Waals surface area contributed by atoms with Crippen LogP contribution in [0.15, 0.2) is 0 Å². The molecule has 1 rings (SSSR count). The summed E-state index contributed by atoms with van der Waals surface area (Å²) in [4.78, 5) is 25.5. The highest BCUT2D eigenvalue weighted by Gasteiger charge is 2.60. The van der Waals surface area contributed by atoms with Gasteiger partial charge in [-0.15, -0.1) is 0 Å². The minimum atomic E-state index is -4.37. The molecule has 4 atom stereocenters. The molecule has 0 saturated heterocycles. The van der Waals surface area contributed by atoms with Gasteiger partial charge in [0, 0.05) is 18.5 Å². The second-order valence-corrected chi connectivity index (χ2v) is 6.62. The van der Waals surface area contributed by atoms with Crippen molar-refractivity contribution in [3.63, 3.8) is 0 Å². The van der Waals surface area contributed by atoms with Gasteiger partial charge in [0.25, 0.3) is 0 Å². The van der Waals surface area contributed by atoms with Gasteiger partial charge in [-0.1, -0.05) is 13.8 Å². The summed E-state index contributed by atoms with van der Waals surface area (Å²) in [5.41, 5.74) is -1.37. The van der Waals surface area contributed by atoms with Gasteiger partial charge in [-0.3, -0.25) is 4.79 Å². The molecule has 0 aromatic rings. The molecule has 0 unspecified atom stereocenters. The number of alkyl halides is 2. The summed E-state index contributed by atoms with van der Waals surface area (Å²) in [6.07, 6.45) is -9.81. The van der Waals surface area contributed by atoms with Crippen LogP contribution >= 0.6 is 0 Å². The molecule has 1 aliphatic carbocycles. The lowest BCUT2D eigenvalue weighted by atomic mass is 9.73. The minimum Gasteiger partial charge on any atom is -0.437 e. The Morgan fingerprint density at radius 1 is 1.25 bits per heavy atom. The van der Waals surface area contributed by atoms with Crippen LogP contribution in [0.25, 0.3) is 0 Å². The quantitative estimate of drug-likeness (QED) is 0.684. The highest BCUT2D eigenvalue weighted by atomic mass is 19.3. The number of rotatable bonds is 3. The topological polar surface area (TPSA) is 107 Å². The van der Waals surface area contributed by atoms with E-state index in [2.05, 4.69) is 0 Å². The molecule has 9 heteroatoms. The van der Waals surface area contributed by atoms with Crippen molar-refractivity contribution in [3.05, 3.63) is 0 Å². The predicted molar refractivity (Wildman–Crippen MR) is 79.6 cm³/mol. The zero-order valence-electron chi connectivity index (χ0n) is 14.2. The Kier molecular flexibility index (Phi) is 6.29. The van der Waals surface area contributed by atoms with Crippen molar-refractivity contribution < 1.29 is 38.4 Å². The molecule has 0 aliphatic heterocycles. The summed E-state index contributed by atoms with van der Waals surface area (Å²) < 4.78 is 33.4. The van der Waals surface area contributed by atoms with Crippen LogP contribution in [0, 0.1) is 5.41 Å². The molecule has 0 aromatic heterocycles. The Balaban J connectivity index is 3.23. The second kappa shape index (κ2) is 7.28. The zero-order chi connectivity index (χ0) is 18.9. The lowest BCUT2D eigenvalue weighted by Crippen LogP contribution is -2.61. The fraction of sp³-hybridized carbons (Fsp3) is 0.867. The molecule has 140 valence electrons. The normalized spacial score (nSPS) is 32.6. The lowest BCUT2D eigenvalue weighted by molar-refractivity contribution is -0.208. The van der Waals surface area contributed by atoms with Gasteiger partial charge in [-0.05, 0) is 20.3 Å². The van der Waals surface area contributed by atoms with Crippen molar-refractivity contribution in [1.29, 1.82) is 0 Å². The van der Waals surface area contributed by atoms with Crippen LogP contribution in [-0.2, 0) is 9.53 Å². The van der Waals surface area contributed by atoms with E-state index in [-0.39, 0.29) is 19.5 Å². The van der Waals surface area contributed by atoms with E-state index in [0.29, 0.717) is 0 Å². The van der Waals surface area contributed by atoms with Crippen molar-refractivity contribution >= 4 is 11.9 Å². The Morgan fingerprint density at radius 2 is 1.75 bits per heavy atom. The summed E-state index contributed by atoms with van der Waals surface area (Å²) in [5.74, 6) is -6.17. The average molecular weight is 353 g/mol. The number of nitrogens with zero attached hydrogens (tertiary/aromatic N) is 1. The van der Waals surface area contributed by atoms with Gasteiger partial charge in [-0.25, -0.2) is 4.79 Å². The molecular weight excluding hydrogens is 328 g/mol. The molecule has 0 spiro atoms. The Bertz CT molecular complexity index is 481.